The normalized spacial score (nSPS) is 15.0. The Balaban J connectivity index is 1.73. The van der Waals surface area contributed by atoms with E-state index in [0.29, 0.717) is 17.2 Å². The molecule has 0 aromatic heterocycles. The summed E-state index contributed by atoms with van der Waals surface area (Å²) in [4.78, 5) is 26.8. The summed E-state index contributed by atoms with van der Waals surface area (Å²) in [7, 11) is 4.40. The molecule has 1 aliphatic heterocycles. The number of benzene rings is 2. The van der Waals surface area contributed by atoms with Crippen molar-refractivity contribution in [1.29, 1.82) is 0 Å². The van der Waals surface area contributed by atoms with Crippen molar-refractivity contribution >= 4 is 17.6 Å². The molecular weight excluding hydrogens is 362 g/mol. The van der Waals surface area contributed by atoms with E-state index in [2.05, 4.69) is 0 Å². The van der Waals surface area contributed by atoms with E-state index in [0.717, 1.165) is 17.7 Å². The number of carbonyl (C=O) groups is 2. The Morgan fingerprint density at radius 1 is 1.04 bits per heavy atom. The quantitative estimate of drug-likeness (QED) is 0.712. The average molecular weight is 385 g/mol. The SMILES string of the molecule is COc1cc(C(=O)OCC(=O)N2c3ccccc3C[C@H]2C)cc(OC)c1OC. The molecule has 7 nitrogen and oxygen atoms in total. The summed E-state index contributed by atoms with van der Waals surface area (Å²) in [6.07, 6.45) is 0.780. The molecule has 0 bridgehead atoms. The third kappa shape index (κ3) is 3.60. The number of carbonyl (C=O) groups excluding carboxylic acids is 2. The number of amides is 1. The molecule has 0 N–H and O–H groups in total. The van der Waals surface area contributed by atoms with Gasteiger partial charge in [-0.3, -0.25) is 4.79 Å². The lowest BCUT2D eigenvalue weighted by Gasteiger charge is -2.22. The smallest absolute Gasteiger partial charge is 0.338 e. The van der Waals surface area contributed by atoms with Crippen molar-refractivity contribution < 1.29 is 28.5 Å². The van der Waals surface area contributed by atoms with E-state index in [1.165, 1.54) is 33.5 Å². The fourth-order valence-electron chi connectivity index (χ4n) is 3.42. The van der Waals surface area contributed by atoms with Crippen LogP contribution < -0.4 is 19.1 Å². The van der Waals surface area contributed by atoms with Gasteiger partial charge in [0.15, 0.2) is 18.1 Å². The lowest BCUT2D eigenvalue weighted by atomic mass is 10.1. The monoisotopic (exact) mass is 385 g/mol. The van der Waals surface area contributed by atoms with Crippen LogP contribution in [0, 0.1) is 0 Å². The first-order valence-corrected chi connectivity index (χ1v) is 8.87. The highest BCUT2D eigenvalue weighted by atomic mass is 16.5. The summed E-state index contributed by atoms with van der Waals surface area (Å²) in [5.41, 5.74) is 2.18. The Hall–Kier alpha value is -3.22. The molecule has 0 radical (unpaired) electrons. The van der Waals surface area contributed by atoms with Crippen molar-refractivity contribution in [3.63, 3.8) is 0 Å². The summed E-state index contributed by atoms with van der Waals surface area (Å²) < 4.78 is 21.0. The predicted octanol–water partition coefficient (Wildman–Crippen LogP) is 2.85. The average Bonchev–Trinajstić information content (AvgIpc) is 3.06. The largest absolute Gasteiger partial charge is 0.493 e. The highest BCUT2D eigenvalue weighted by Gasteiger charge is 2.31. The highest BCUT2D eigenvalue weighted by molar-refractivity contribution is 5.99. The van der Waals surface area contributed by atoms with Crippen molar-refractivity contribution in [2.75, 3.05) is 32.8 Å². The molecular formula is C21H23NO6. The topological polar surface area (TPSA) is 74.3 Å². The standard InChI is InChI=1S/C21H23NO6/c1-13-9-14-7-5-6-8-16(14)22(13)19(23)12-28-21(24)15-10-17(25-2)20(27-4)18(11-15)26-3/h5-8,10-11,13H,9,12H2,1-4H3/t13-/m1/s1. The molecule has 3 rings (SSSR count). The van der Waals surface area contributed by atoms with E-state index >= 15 is 0 Å². The van der Waals surface area contributed by atoms with Gasteiger partial charge in [0, 0.05) is 11.7 Å². The second-order valence-electron chi connectivity index (χ2n) is 6.44. The molecule has 28 heavy (non-hydrogen) atoms. The summed E-state index contributed by atoms with van der Waals surface area (Å²) in [5.74, 6) is 0.135. The second-order valence-corrected chi connectivity index (χ2v) is 6.44. The third-order valence-electron chi connectivity index (χ3n) is 4.70. The minimum Gasteiger partial charge on any atom is -0.493 e. The number of hydrogen-bond acceptors (Lipinski definition) is 6. The molecule has 0 fully saturated rings. The highest BCUT2D eigenvalue weighted by Crippen LogP contribution is 2.38. The number of methoxy groups -OCH3 is 3. The van der Waals surface area contributed by atoms with Gasteiger partial charge in [0.1, 0.15) is 0 Å². The van der Waals surface area contributed by atoms with Gasteiger partial charge in [-0.2, -0.15) is 0 Å². The Kier molecular flexibility index (Phi) is 5.73. The molecule has 1 aliphatic rings. The molecule has 0 unspecified atom stereocenters. The van der Waals surface area contributed by atoms with Gasteiger partial charge in [-0.1, -0.05) is 18.2 Å². The number of nitrogens with zero attached hydrogens (tertiary/aromatic N) is 1. The van der Waals surface area contributed by atoms with Crippen LogP contribution in [-0.2, 0) is 16.0 Å². The van der Waals surface area contributed by atoms with Crippen LogP contribution in [0.4, 0.5) is 5.69 Å². The van der Waals surface area contributed by atoms with Gasteiger partial charge in [0.2, 0.25) is 5.75 Å². The maximum absolute atomic E-state index is 12.7. The minimum atomic E-state index is -0.646. The molecule has 1 amide bonds. The first kappa shape index (κ1) is 19.5. The molecule has 0 aliphatic carbocycles. The summed E-state index contributed by atoms with van der Waals surface area (Å²) in [5, 5.41) is 0. The van der Waals surface area contributed by atoms with Crippen molar-refractivity contribution in [3.05, 3.63) is 47.5 Å². The first-order valence-electron chi connectivity index (χ1n) is 8.87. The fraction of sp³-hybridized carbons (Fsp3) is 0.333. The Labute approximate surface area is 163 Å². The lowest BCUT2D eigenvalue weighted by Crippen LogP contribution is -2.38. The number of anilines is 1. The maximum atomic E-state index is 12.7. The lowest BCUT2D eigenvalue weighted by molar-refractivity contribution is -0.122. The number of esters is 1. The van der Waals surface area contributed by atoms with Crippen molar-refractivity contribution in [1.82, 2.24) is 0 Å². The van der Waals surface area contributed by atoms with Gasteiger partial charge in [0.05, 0.1) is 26.9 Å². The molecule has 1 atom stereocenters. The van der Waals surface area contributed by atoms with E-state index < -0.39 is 5.97 Å². The maximum Gasteiger partial charge on any atom is 0.338 e. The predicted molar refractivity (Wildman–Crippen MR) is 103 cm³/mol. The number of ether oxygens (including phenoxy) is 4. The van der Waals surface area contributed by atoms with Crippen LogP contribution in [0.1, 0.15) is 22.8 Å². The van der Waals surface area contributed by atoms with Crippen LogP contribution in [0.2, 0.25) is 0 Å². The summed E-state index contributed by atoms with van der Waals surface area (Å²) in [6, 6.07) is 10.7. The van der Waals surface area contributed by atoms with E-state index in [4.69, 9.17) is 18.9 Å². The van der Waals surface area contributed by atoms with Crippen LogP contribution in [0.5, 0.6) is 17.2 Å². The Morgan fingerprint density at radius 2 is 1.68 bits per heavy atom. The summed E-state index contributed by atoms with van der Waals surface area (Å²) >= 11 is 0. The van der Waals surface area contributed by atoms with Crippen LogP contribution in [0.15, 0.2) is 36.4 Å². The van der Waals surface area contributed by atoms with Crippen molar-refractivity contribution in [2.45, 2.75) is 19.4 Å². The van der Waals surface area contributed by atoms with Gasteiger partial charge in [-0.05, 0) is 37.1 Å². The molecule has 0 saturated heterocycles. The molecule has 148 valence electrons. The van der Waals surface area contributed by atoms with Crippen LogP contribution >= 0.6 is 0 Å². The number of hydrogen-bond donors (Lipinski definition) is 0. The first-order chi connectivity index (χ1) is 13.5. The van der Waals surface area contributed by atoms with Crippen LogP contribution in [-0.4, -0.2) is 45.9 Å². The Bertz CT molecular complexity index is 869. The van der Waals surface area contributed by atoms with Crippen LogP contribution in [0.25, 0.3) is 0 Å². The van der Waals surface area contributed by atoms with Crippen molar-refractivity contribution in [3.8, 4) is 17.2 Å². The second kappa shape index (κ2) is 8.21. The zero-order valence-electron chi connectivity index (χ0n) is 16.4. The van der Waals surface area contributed by atoms with E-state index in [-0.39, 0.29) is 24.1 Å². The van der Waals surface area contributed by atoms with Gasteiger partial charge in [-0.25, -0.2) is 4.79 Å². The van der Waals surface area contributed by atoms with Crippen LogP contribution in [0.3, 0.4) is 0 Å². The fourth-order valence-corrected chi connectivity index (χ4v) is 3.42. The molecule has 1 heterocycles. The van der Waals surface area contributed by atoms with E-state index in [1.807, 2.05) is 31.2 Å². The Morgan fingerprint density at radius 3 is 2.29 bits per heavy atom. The molecule has 7 heteroatoms. The molecule has 0 saturated carbocycles. The molecule has 2 aromatic carbocycles. The number of rotatable bonds is 6. The van der Waals surface area contributed by atoms with Crippen molar-refractivity contribution in [2.24, 2.45) is 0 Å². The number of fused-ring (bicyclic) bond motifs is 1. The van der Waals surface area contributed by atoms with E-state index in [1.54, 1.807) is 4.90 Å². The molecule has 0 spiro atoms. The molecule has 2 aromatic rings. The van der Waals surface area contributed by atoms with Gasteiger partial charge >= 0.3 is 5.97 Å². The summed E-state index contributed by atoms with van der Waals surface area (Å²) in [6.45, 7) is 1.62. The zero-order chi connectivity index (χ0) is 20.3. The number of para-hydroxylation sites is 1. The van der Waals surface area contributed by atoms with Gasteiger partial charge in [-0.15, -0.1) is 0 Å². The zero-order valence-corrected chi connectivity index (χ0v) is 16.4. The third-order valence-corrected chi connectivity index (χ3v) is 4.70. The van der Waals surface area contributed by atoms with E-state index in [9.17, 15) is 9.59 Å². The van der Waals surface area contributed by atoms with Gasteiger partial charge < -0.3 is 23.8 Å². The minimum absolute atomic E-state index is 0.0183. The van der Waals surface area contributed by atoms with Gasteiger partial charge in [0.25, 0.3) is 5.91 Å².